The molecule has 0 spiro atoms. The van der Waals surface area contributed by atoms with Crippen LogP contribution in [0.2, 0.25) is 0 Å². The van der Waals surface area contributed by atoms with Crippen LogP contribution in [0.1, 0.15) is 50.4 Å². The largest absolute Gasteiger partial charge is 0.349 e. The van der Waals surface area contributed by atoms with Crippen molar-refractivity contribution in [3.05, 3.63) is 30.1 Å². The monoisotopic (exact) mass is 258 g/mol. The Morgan fingerprint density at radius 1 is 1.42 bits per heavy atom. The fourth-order valence-corrected chi connectivity index (χ4v) is 4.16. The predicted octanol–water partition coefficient (Wildman–Crippen LogP) is 3.03. The number of pyridine rings is 1. The molecule has 102 valence electrons. The molecule has 2 aliphatic carbocycles. The Morgan fingerprint density at radius 2 is 2.21 bits per heavy atom. The molecule has 3 nitrogen and oxygen atoms in total. The molecule has 2 fully saturated rings. The number of nitrogens with one attached hydrogen (secondary N) is 1. The highest BCUT2D eigenvalue weighted by Gasteiger charge is 2.61. The molecule has 1 heterocycles. The Labute approximate surface area is 114 Å². The Bertz CT molecular complexity index is 497. The second-order valence-electron chi connectivity index (χ2n) is 6.88. The van der Waals surface area contributed by atoms with Gasteiger partial charge in [0.05, 0.1) is 5.56 Å². The maximum absolute atomic E-state index is 12.3. The lowest BCUT2D eigenvalue weighted by atomic mass is 9.69. The average molecular weight is 258 g/mol. The molecule has 1 aromatic rings. The van der Waals surface area contributed by atoms with Crippen molar-refractivity contribution in [1.29, 1.82) is 0 Å². The van der Waals surface area contributed by atoms with E-state index in [0.717, 1.165) is 12.3 Å². The Balaban J connectivity index is 1.78. The molecule has 2 bridgehead atoms. The minimum atomic E-state index is 0.0164. The molecule has 0 radical (unpaired) electrons. The van der Waals surface area contributed by atoms with Gasteiger partial charge in [0.1, 0.15) is 0 Å². The van der Waals surface area contributed by atoms with Crippen molar-refractivity contribution in [3.8, 4) is 0 Å². The van der Waals surface area contributed by atoms with Gasteiger partial charge in [-0.1, -0.05) is 20.8 Å². The summed E-state index contributed by atoms with van der Waals surface area (Å²) in [6.45, 7) is 7.07. The van der Waals surface area contributed by atoms with E-state index in [1.165, 1.54) is 12.8 Å². The quantitative estimate of drug-likeness (QED) is 0.886. The zero-order valence-electron chi connectivity index (χ0n) is 11.9. The average Bonchev–Trinajstić information content (AvgIpc) is 2.73. The van der Waals surface area contributed by atoms with Crippen molar-refractivity contribution in [2.24, 2.45) is 16.7 Å². The first-order chi connectivity index (χ1) is 8.95. The van der Waals surface area contributed by atoms with Gasteiger partial charge in [-0.2, -0.15) is 0 Å². The van der Waals surface area contributed by atoms with Gasteiger partial charge in [0, 0.05) is 18.4 Å². The zero-order chi connectivity index (χ0) is 13.7. The van der Waals surface area contributed by atoms with E-state index in [1.807, 2.05) is 6.07 Å². The summed E-state index contributed by atoms with van der Waals surface area (Å²) in [4.78, 5) is 16.3. The van der Waals surface area contributed by atoms with E-state index in [2.05, 4.69) is 31.1 Å². The topological polar surface area (TPSA) is 42.0 Å². The molecule has 0 aromatic carbocycles. The molecule has 0 saturated heterocycles. The van der Waals surface area contributed by atoms with E-state index >= 15 is 0 Å². The molecular weight excluding hydrogens is 236 g/mol. The Hall–Kier alpha value is -1.38. The van der Waals surface area contributed by atoms with Gasteiger partial charge in [0.15, 0.2) is 0 Å². The number of carbonyl (C=O) groups excluding carboxylic acids is 1. The van der Waals surface area contributed by atoms with E-state index in [4.69, 9.17) is 0 Å². The van der Waals surface area contributed by atoms with Gasteiger partial charge in [-0.3, -0.25) is 9.78 Å². The van der Waals surface area contributed by atoms with Gasteiger partial charge in [0.25, 0.3) is 5.91 Å². The fourth-order valence-electron chi connectivity index (χ4n) is 4.16. The molecule has 19 heavy (non-hydrogen) atoms. The molecule has 0 aliphatic heterocycles. The van der Waals surface area contributed by atoms with Crippen molar-refractivity contribution in [2.75, 3.05) is 0 Å². The number of rotatable bonds is 2. The van der Waals surface area contributed by atoms with E-state index < -0.39 is 0 Å². The summed E-state index contributed by atoms with van der Waals surface area (Å²) >= 11 is 0. The summed E-state index contributed by atoms with van der Waals surface area (Å²) in [7, 11) is 0. The maximum Gasteiger partial charge on any atom is 0.253 e. The third-order valence-corrected chi connectivity index (χ3v) is 6.02. The number of hydrogen-bond acceptors (Lipinski definition) is 2. The molecule has 3 rings (SSSR count). The number of hydrogen-bond donors (Lipinski definition) is 1. The summed E-state index contributed by atoms with van der Waals surface area (Å²) in [5.74, 6) is 0.763. The number of carbonyl (C=O) groups is 1. The summed E-state index contributed by atoms with van der Waals surface area (Å²) in [5.41, 5.74) is 1.22. The van der Waals surface area contributed by atoms with E-state index in [9.17, 15) is 4.79 Å². The highest BCUT2D eigenvalue weighted by Crippen LogP contribution is 2.65. The lowest BCUT2D eigenvalue weighted by Gasteiger charge is -2.39. The first-order valence-electron chi connectivity index (χ1n) is 7.16. The smallest absolute Gasteiger partial charge is 0.253 e. The van der Waals surface area contributed by atoms with E-state index in [-0.39, 0.29) is 11.3 Å². The SMILES string of the molecule is CC1(C)C2CCC1(C)C(NC(=O)c1cccnc1)C2. The Morgan fingerprint density at radius 3 is 2.74 bits per heavy atom. The molecular formula is C16H22N2O. The summed E-state index contributed by atoms with van der Waals surface area (Å²) in [6.07, 6.45) is 6.98. The van der Waals surface area contributed by atoms with Crippen LogP contribution in [0.25, 0.3) is 0 Å². The number of nitrogens with zero attached hydrogens (tertiary/aromatic N) is 1. The standard InChI is InChI=1S/C16H22N2O/c1-15(2)12-6-7-16(15,3)13(9-12)18-14(19)11-5-4-8-17-10-11/h4-5,8,10,12-13H,6-7,9H2,1-3H3,(H,18,19). The third kappa shape index (κ3) is 1.71. The zero-order valence-corrected chi connectivity index (χ0v) is 11.9. The second-order valence-corrected chi connectivity index (χ2v) is 6.88. The normalized spacial score (nSPS) is 35.3. The number of amides is 1. The van der Waals surface area contributed by atoms with Crippen LogP contribution in [-0.2, 0) is 0 Å². The van der Waals surface area contributed by atoms with Gasteiger partial charge in [-0.15, -0.1) is 0 Å². The van der Waals surface area contributed by atoms with Crippen LogP contribution < -0.4 is 5.32 Å². The van der Waals surface area contributed by atoms with Gasteiger partial charge >= 0.3 is 0 Å². The van der Waals surface area contributed by atoms with Crippen LogP contribution in [0.5, 0.6) is 0 Å². The molecule has 3 unspecified atom stereocenters. The highest BCUT2D eigenvalue weighted by atomic mass is 16.1. The fraction of sp³-hybridized carbons (Fsp3) is 0.625. The van der Waals surface area contributed by atoms with Gasteiger partial charge in [-0.25, -0.2) is 0 Å². The predicted molar refractivity (Wildman–Crippen MR) is 74.7 cm³/mol. The molecule has 3 atom stereocenters. The van der Waals surface area contributed by atoms with E-state index in [1.54, 1.807) is 18.5 Å². The second kappa shape index (κ2) is 4.06. The van der Waals surface area contributed by atoms with Crippen molar-refractivity contribution in [1.82, 2.24) is 10.3 Å². The first-order valence-corrected chi connectivity index (χ1v) is 7.16. The van der Waals surface area contributed by atoms with Crippen LogP contribution in [0.15, 0.2) is 24.5 Å². The van der Waals surface area contributed by atoms with E-state index in [0.29, 0.717) is 17.0 Å². The minimum Gasteiger partial charge on any atom is -0.349 e. The van der Waals surface area contributed by atoms with Gasteiger partial charge < -0.3 is 5.32 Å². The summed E-state index contributed by atoms with van der Waals surface area (Å²) < 4.78 is 0. The van der Waals surface area contributed by atoms with Crippen molar-refractivity contribution in [3.63, 3.8) is 0 Å². The number of aromatic nitrogens is 1. The van der Waals surface area contributed by atoms with Crippen molar-refractivity contribution >= 4 is 5.91 Å². The van der Waals surface area contributed by atoms with Gasteiger partial charge in [-0.05, 0) is 48.1 Å². The van der Waals surface area contributed by atoms with Crippen LogP contribution in [0, 0.1) is 16.7 Å². The maximum atomic E-state index is 12.3. The Kier molecular flexibility index (Phi) is 2.70. The highest BCUT2D eigenvalue weighted by molar-refractivity contribution is 5.94. The molecule has 2 saturated carbocycles. The first kappa shape index (κ1) is 12.6. The molecule has 3 heteroatoms. The number of fused-ring (bicyclic) bond motifs is 2. The van der Waals surface area contributed by atoms with Crippen LogP contribution in [0.4, 0.5) is 0 Å². The van der Waals surface area contributed by atoms with Crippen molar-refractivity contribution < 1.29 is 4.79 Å². The minimum absolute atomic E-state index is 0.0164. The lowest BCUT2D eigenvalue weighted by molar-refractivity contribution is 0.0826. The molecule has 1 N–H and O–H groups in total. The summed E-state index contributed by atoms with van der Waals surface area (Å²) in [6, 6.07) is 3.93. The van der Waals surface area contributed by atoms with Gasteiger partial charge in [0.2, 0.25) is 0 Å². The van der Waals surface area contributed by atoms with Crippen molar-refractivity contribution in [2.45, 2.75) is 46.1 Å². The lowest BCUT2D eigenvalue weighted by Crippen LogP contribution is -2.46. The summed E-state index contributed by atoms with van der Waals surface area (Å²) in [5, 5.41) is 3.24. The molecule has 1 amide bonds. The van der Waals surface area contributed by atoms with Crippen LogP contribution in [0.3, 0.4) is 0 Å². The molecule has 2 aliphatic rings. The van der Waals surface area contributed by atoms with Crippen LogP contribution >= 0.6 is 0 Å². The molecule has 1 aromatic heterocycles. The van der Waals surface area contributed by atoms with Crippen LogP contribution in [-0.4, -0.2) is 16.9 Å². The third-order valence-electron chi connectivity index (χ3n) is 6.02.